The molecule has 0 aromatic heterocycles. The zero-order valence-corrected chi connectivity index (χ0v) is 19.4. The van der Waals surface area contributed by atoms with Crippen LogP contribution in [0.25, 0.3) is 0 Å². The molecule has 0 saturated carbocycles. The number of methoxy groups -OCH3 is 1. The highest BCUT2D eigenvalue weighted by Gasteiger charge is 2.13. The van der Waals surface area contributed by atoms with Gasteiger partial charge in [0.25, 0.3) is 5.91 Å². The van der Waals surface area contributed by atoms with Crippen LogP contribution >= 0.6 is 11.6 Å². The van der Waals surface area contributed by atoms with Gasteiger partial charge in [-0.3, -0.25) is 4.79 Å². The Hall–Kier alpha value is -4.04. The lowest BCUT2D eigenvalue weighted by molar-refractivity contribution is -0.123. The fourth-order valence-corrected chi connectivity index (χ4v) is 2.88. The largest absolute Gasteiger partial charge is 0.494 e. The number of hydrogen-bond donors (Lipinski definition) is 1. The summed E-state index contributed by atoms with van der Waals surface area (Å²) in [7, 11) is 1.46. The number of esters is 1. The van der Waals surface area contributed by atoms with Gasteiger partial charge in [-0.15, -0.1) is 0 Å². The van der Waals surface area contributed by atoms with E-state index in [9.17, 15) is 9.59 Å². The maximum atomic E-state index is 12.5. The Bertz CT molecular complexity index is 1150. The second kappa shape index (κ2) is 12.3. The SMILES string of the molecule is CCOc1ccc(C(=O)Oc2ccc(/C=N\NC(=O)COc3ccc(Cl)cc3)cc2OC)cc1. The van der Waals surface area contributed by atoms with Crippen molar-refractivity contribution in [1.82, 2.24) is 5.43 Å². The molecule has 0 aliphatic rings. The van der Waals surface area contributed by atoms with E-state index in [1.165, 1.54) is 13.3 Å². The molecule has 0 aliphatic carbocycles. The Morgan fingerprint density at radius 2 is 1.62 bits per heavy atom. The molecule has 9 heteroatoms. The maximum Gasteiger partial charge on any atom is 0.343 e. The molecule has 176 valence electrons. The van der Waals surface area contributed by atoms with Crippen molar-refractivity contribution in [2.75, 3.05) is 20.3 Å². The highest BCUT2D eigenvalue weighted by molar-refractivity contribution is 6.30. The molecule has 0 fully saturated rings. The fraction of sp³-hybridized carbons (Fsp3) is 0.160. The number of nitrogens with zero attached hydrogens (tertiary/aromatic N) is 1. The lowest BCUT2D eigenvalue weighted by atomic mass is 10.2. The van der Waals surface area contributed by atoms with Gasteiger partial charge in [-0.1, -0.05) is 11.6 Å². The predicted octanol–water partition coefficient (Wildman–Crippen LogP) is 4.50. The van der Waals surface area contributed by atoms with Crippen LogP contribution in [-0.2, 0) is 4.79 Å². The van der Waals surface area contributed by atoms with Gasteiger partial charge in [-0.2, -0.15) is 5.10 Å². The van der Waals surface area contributed by atoms with Crippen LogP contribution in [0, 0.1) is 0 Å². The van der Waals surface area contributed by atoms with Crippen molar-refractivity contribution in [3.63, 3.8) is 0 Å². The average molecular weight is 483 g/mol. The van der Waals surface area contributed by atoms with Crippen molar-refractivity contribution in [3.05, 3.63) is 82.9 Å². The van der Waals surface area contributed by atoms with Gasteiger partial charge in [0.1, 0.15) is 11.5 Å². The van der Waals surface area contributed by atoms with Crippen LogP contribution in [0.3, 0.4) is 0 Å². The first-order valence-electron chi connectivity index (χ1n) is 10.3. The molecule has 0 bridgehead atoms. The zero-order valence-electron chi connectivity index (χ0n) is 18.6. The second-order valence-electron chi connectivity index (χ2n) is 6.79. The van der Waals surface area contributed by atoms with Gasteiger partial charge < -0.3 is 18.9 Å². The molecule has 0 unspecified atom stereocenters. The van der Waals surface area contributed by atoms with E-state index in [2.05, 4.69) is 10.5 Å². The van der Waals surface area contributed by atoms with Gasteiger partial charge in [0.05, 0.1) is 25.5 Å². The van der Waals surface area contributed by atoms with Crippen molar-refractivity contribution in [2.24, 2.45) is 5.10 Å². The summed E-state index contributed by atoms with van der Waals surface area (Å²) < 4.78 is 21.5. The predicted molar refractivity (Wildman–Crippen MR) is 128 cm³/mol. The van der Waals surface area contributed by atoms with E-state index < -0.39 is 11.9 Å². The Labute approximate surface area is 202 Å². The standard InChI is InChI=1S/C25H23ClN2O6/c1-3-32-20-9-5-18(6-10-20)25(30)34-22-13-4-17(14-23(22)31-2)15-27-28-24(29)16-33-21-11-7-19(26)8-12-21/h4-15H,3,16H2,1-2H3,(H,28,29)/b27-15-. The average Bonchev–Trinajstić information content (AvgIpc) is 2.85. The normalized spacial score (nSPS) is 10.6. The number of ether oxygens (including phenoxy) is 4. The molecule has 3 aromatic rings. The van der Waals surface area contributed by atoms with Gasteiger partial charge in [-0.25, -0.2) is 10.2 Å². The Kier molecular flexibility index (Phi) is 8.88. The molecule has 0 saturated heterocycles. The number of halogens is 1. The summed E-state index contributed by atoms with van der Waals surface area (Å²) in [5.74, 6) is 0.807. The smallest absolute Gasteiger partial charge is 0.343 e. The van der Waals surface area contributed by atoms with Crippen molar-refractivity contribution in [2.45, 2.75) is 6.92 Å². The van der Waals surface area contributed by atoms with Crippen LogP contribution in [0.2, 0.25) is 5.02 Å². The molecular weight excluding hydrogens is 460 g/mol. The third-order valence-corrected chi connectivity index (χ3v) is 4.63. The quantitative estimate of drug-likeness (QED) is 0.198. The summed E-state index contributed by atoms with van der Waals surface area (Å²) in [5.41, 5.74) is 3.37. The van der Waals surface area contributed by atoms with Crippen LogP contribution in [0.15, 0.2) is 71.8 Å². The van der Waals surface area contributed by atoms with E-state index >= 15 is 0 Å². The summed E-state index contributed by atoms with van der Waals surface area (Å²) in [6.07, 6.45) is 1.43. The minimum atomic E-state index is -0.532. The van der Waals surface area contributed by atoms with Crippen molar-refractivity contribution >= 4 is 29.7 Å². The summed E-state index contributed by atoms with van der Waals surface area (Å²) in [5, 5.41) is 4.48. The molecule has 0 heterocycles. The van der Waals surface area contributed by atoms with E-state index in [1.807, 2.05) is 6.92 Å². The second-order valence-corrected chi connectivity index (χ2v) is 7.23. The van der Waals surface area contributed by atoms with E-state index in [0.717, 1.165) is 0 Å². The van der Waals surface area contributed by atoms with E-state index in [4.69, 9.17) is 30.5 Å². The number of rotatable bonds is 10. The van der Waals surface area contributed by atoms with Gasteiger partial charge in [0, 0.05) is 5.02 Å². The molecule has 3 rings (SSSR count). The topological polar surface area (TPSA) is 95.5 Å². The van der Waals surface area contributed by atoms with Crippen LogP contribution in [0.1, 0.15) is 22.8 Å². The van der Waals surface area contributed by atoms with Crippen molar-refractivity contribution in [3.8, 4) is 23.0 Å². The summed E-state index contributed by atoms with van der Waals surface area (Å²) in [6.45, 7) is 2.22. The first-order chi connectivity index (χ1) is 16.5. The highest BCUT2D eigenvalue weighted by atomic mass is 35.5. The lowest BCUT2D eigenvalue weighted by Crippen LogP contribution is -2.24. The summed E-state index contributed by atoms with van der Waals surface area (Å²) >= 11 is 5.81. The Morgan fingerprint density at radius 1 is 0.941 bits per heavy atom. The van der Waals surface area contributed by atoms with Crippen LogP contribution < -0.4 is 24.4 Å². The van der Waals surface area contributed by atoms with E-state index in [1.54, 1.807) is 66.7 Å². The minimum Gasteiger partial charge on any atom is -0.494 e. The minimum absolute atomic E-state index is 0.206. The first kappa shape index (κ1) is 24.6. The third-order valence-electron chi connectivity index (χ3n) is 4.38. The Morgan fingerprint density at radius 3 is 2.29 bits per heavy atom. The number of nitrogens with one attached hydrogen (secondary N) is 1. The van der Waals surface area contributed by atoms with Crippen molar-refractivity contribution < 1.29 is 28.5 Å². The number of benzene rings is 3. The van der Waals surface area contributed by atoms with Gasteiger partial charge in [-0.05, 0) is 79.2 Å². The molecule has 0 atom stereocenters. The zero-order chi connectivity index (χ0) is 24.3. The van der Waals surface area contributed by atoms with Gasteiger partial charge in [0.15, 0.2) is 18.1 Å². The number of amides is 1. The molecule has 0 radical (unpaired) electrons. The molecule has 3 aromatic carbocycles. The van der Waals surface area contributed by atoms with Gasteiger partial charge in [0.2, 0.25) is 0 Å². The Balaban J connectivity index is 1.55. The van der Waals surface area contributed by atoms with E-state index in [0.29, 0.717) is 40.0 Å². The van der Waals surface area contributed by atoms with Gasteiger partial charge >= 0.3 is 5.97 Å². The third kappa shape index (κ3) is 7.25. The number of carbonyl (C=O) groups excluding carboxylic acids is 2. The van der Waals surface area contributed by atoms with Crippen LogP contribution in [0.4, 0.5) is 0 Å². The number of hydrogen-bond acceptors (Lipinski definition) is 7. The molecule has 34 heavy (non-hydrogen) atoms. The molecule has 1 amide bonds. The number of hydrazone groups is 1. The molecule has 0 aliphatic heterocycles. The molecule has 1 N–H and O–H groups in total. The lowest BCUT2D eigenvalue weighted by Gasteiger charge is -2.10. The van der Waals surface area contributed by atoms with Crippen LogP contribution in [0.5, 0.6) is 23.0 Å². The fourth-order valence-electron chi connectivity index (χ4n) is 2.75. The summed E-state index contributed by atoms with van der Waals surface area (Å²) in [6, 6.07) is 18.2. The molecule has 8 nitrogen and oxygen atoms in total. The maximum absolute atomic E-state index is 12.5. The molecular formula is C25H23ClN2O6. The van der Waals surface area contributed by atoms with Crippen molar-refractivity contribution in [1.29, 1.82) is 0 Å². The highest BCUT2D eigenvalue weighted by Crippen LogP contribution is 2.28. The van der Waals surface area contributed by atoms with Crippen LogP contribution in [-0.4, -0.2) is 38.4 Å². The monoisotopic (exact) mass is 482 g/mol. The first-order valence-corrected chi connectivity index (χ1v) is 10.7. The van der Waals surface area contributed by atoms with E-state index in [-0.39, 0.29) is 12.4 Å². The number of carbonyl (C=O) groups is 2. The summed E-state index contributed by atoms with van der Waals surface area (Å²) in [4.78, 5) is 24.4. The molecule has 0 spiro atoms.